The van der Waals surface area contributed by atoms with Crippen molar-refractivity contribution in [1.29, 1.82) is 0 Å². The maximum Gasteiger partial charge on any atom is 0.264 e. The molecule has 2 rings (SSSR count). The van der Waals surface area contributed by atoms with E-state index in [1.807, 2.05) is 6.92 Å². The van der Waals surface area contributed by atoms with Crippen LogP contribution in [-0.4, -0.2) is 22.5 Å². The van der Waals surface area contributed by atoms with Crippen molar-refractivity contribution in [2.24, 2.45) is 0 Å². The molecule has 1 aromatic carbocycles. The molecule has 0 saturated carbocycles. The second-order valence-corrected chi connectivity index (χ2v) is 4.26. The number of carbonyl (C=O) groups is 1. The summed E-state index contributed by atoms with van der Waals surface area (Å²) in [6.07, 6.45) is 3.10. The Morgan fingerprint density at radius 1 is 1.37 bits per heavy atom. The van der Waals surface area contributed by atoms with Crippen molar-refractivity contribution in [2.75, 3.05) is 11.9 Å². The number of hydrogen-bond acceptors (Lipinski definition) is 4. The van der Waals surface area contributed by atoms with E-state index in [0.717, 1.165) is 5.56 Å². The fourth-order valence-corrected chi connectivity index (χ4v) is 1.67. The highest BCUT2D eigenvalue weighted by Crippen LogP contribution is 2.21. The van der Waals surface area contributed by atoms with Crippen LogP contribution in [0.25, 0.3) is 0 Å². The summed E-state index contributed by atoms with van der Waals surface area (Å²) in [6, 6.07) is 6.88. The van der Waals surface area contributed by atoms with Gasteiger partial charge in [0.15, 0.2) is 6.61 Å². The van der Waals surface area contributed by atoms with Crippen LogP contribution < -0.4 is 10.1 Å². The van der Waals surface area contributed by atoms with Gasteiger partial charge in [0, 0.05) is 17.4 Å². The van der Waals surface area contributed by atoms with Crippen LogP contribution in [0.4, 0.5) is 5.95 Å². The Morgan fingerprint density at radius 2 is 2.11 bits per heavy atom. The Labute approximate surface area is 115 Å². The van der Waals surface area contributed by atoms with Gasteiger partial charge in [-0.1, -0.05) is 11.6 Å². The average Bonchev–Trinajstić information content (AvgIpc) is 2.39. The third kappa shape index (κ3) is 3.93. The Morgan fingerprint density at radius 3 is 2.79 bits per heavy atom. The minimum absolute atomic E-state index is 0.110. The number of aryl methyl sites for hydroxylation is 1. The summed E-state index contributed by atoms with van der Waals surface area (Å²) in [7, 11) is 0. The van der Waals surface area contributed by atoms with Gasteiger partial charge in [-0.15, -0.1) is 0 Å². The molecule has 0 fully saturated rings. The van der Waals surface area contributed by atoms with Gasteiger partial charge in [-0.25, -0.2) is 9.97 Å². The highest BCUT2D eigenvalue weighted by molar-refractivity contribution is 6.30. The van der Waals surface area contributed by atoms with E-state index in [4.69, 9.17) is 16.3 Å². The molecule has 0 aliphatic carbocycles. The fraction of sp³-hybridized carbons (Fsp3) is 0.154. The van der Waals surface area contributed by atoms with Gasteiger partial charge in [0.2, 0.25) is 5.95 Å². The maximum absolute atomic E-state index is 11.6. The standard InChI is InChI=1S/C13H12ClN3O2/c1-9-7-10(14)3-4-11(9)19-8-12(18)17-13-15-5-2-6-16-13/h2-7H,8H2,1H3,(H,15,16,17,18). The molecule has 0 aliphatic rings. The number of anilines is 1. The van der Waals surface area contributed by atoms with Crippen molar-refractivity contribution in [1.82, 2.24) is 9.97 Å². The molecule has 1 N–H and O–H groups in total. The topological polar surface area (TPSA) is 64.1 Å². The molecular formula is C13H12ClN3O2. The summed E-state index contributed by atoms with van der Waals surface area (Å²) in [5.41, 5.74) is 0.872. The van der Waals surface area contributed by atoms with Gasteiger partial charge in [0.25, 0.3) is 5.91 Å². The smallest absolute Gasteiger partial charge is 0.264 e. The molecule has 0 saturated heterocycles. The molecule has 1 amide bonds. The van der Waals surface area contributed by atoms with E-state index in [2.05, 4.69) is 15.3 Å². The molecule has 19 heavy (non-hydrogen) atoms. The van der Waals surface area contributed by atoms with Gasteiger partial charge in [-0.05, 0) is 36.8 Å². The molecule has 0 bridgehead atoms. The number of carbonyl (C=O) groups excluding carboxylic acids is 1. The molecule has 98 valence electrons. The number of halogens is 1. The van der Waals surface area contributed by atoms with Crippen LogP contribution in [0.15, 0.2) is 36.7 Å². The van der Waals surface area contributed by atoms with Gasteiger partial charge in [-0.3, -0.25) is 10.1 Å². The Balaban J connectivity index is 1.90. The second-order valence-electron chi connectivity index (χ2n) is 3.82. The van der Waals surface area contributed by atoms with Crippen molar-refractivity contribution in [3.05, 3.63) is 47.2 Å². The first-order valence-electron chi connectivity index (χ1n) is 5.61. The van der Waals surface area contributed by atoms with E-state index in [0.29, 0.717) is 10.8 Å². The molecule has 1 aromatic heterocycles. The Kier molecular flexibility index (Phi) is 4.30. The van der Waals surface area contributed by atoms with Crippen LogP contribution in [0, 0.1) is 6.92 Å². The lowest BCUT2D eigenvalue weighted by atomic mass is 10.2. The highest BCUT2D eigenvalue weighted by Gasteiger charge is 2.06. The van der Waals surface area contributed by atoms with Gasteiger partial charge in [-0.2, -0.15) is 0 Å². The first-order chi connectivity index (χ1) is 9.15. The quantitative estimate of drug-likeness (QED) is 0.932. The van der Waals surface area contributed by atoms with Crippen LogP contribution >= 0.6 is 11.6 Å². The number of ether oxygens (including phenoxy) is 1. The molecule has 0 aliphatic heterocycles. The summed E-state index contributed by atoms with van der Waals surface area (Å²) < 4.78 is 5.40. The van der Waals surface area contributed by atoms with Crippen LogP contribution in [0.5, 0.6) is 5.75 Å². The van der Waals surface area contributed by atoms with Crippen LogP contribution in [-0.2, 0) is 4.79 Å². The van der Waals surface area contributed by atoms with Crippen molar-refractivity contribution < 1.29 is 9.53 Å². The lowest BCUT2D eigenvalue weighted by molar-refractivity contribution is -0.118. The van der Waals surface area contributed by atoms with Gasteiger partial charge >= 0.3 is 0 Å². The third-order valence-corrected chi connectivity index (χ3v) is 2.55. The van der Waals surface area contributed by atoms with Crippen LogP contribution in [0.3, 0.4) is 0 Å². The zero-order chi connectivity index (χ0) is 13.7. The molecule has 1 heterocycles. The van der Waals surface area contributed by atoms with Crippen molar-refractivity contribution in [3.63, 3.8) is 0 Å². The van der Waals surface area contributed by atoms with Crippen molar-refractivity contribution in [2.45, 2.75) is 6.92 Å². The number of rotatable bonds is 4. The van der Waals surface area contributed by atoms with E-state index in [1.165, 1.54) is 0 Å². The third-order valence-electron chi connectivity index (χ3n) is 2.31. The molecular weight excluding hydrogens is 266 g/mol. The highest BCUT2D eigenvalue weighted by atomic mass is 35.5. The first-order valence-corrected chi connectivity index (χ1v) is 5.99. The normalized spacial score (nSPS) is 10.0. The number of benzene rings is 1. The summed E-state index contributed by atoms with van der Waals surface area (Å²) in [5.74, 6) is 0.554. The summed E-state index contributed by atoms with van der Waals surface area (Å²) in [5, 5.41) is 3.16. The minimum Gasteiger partial charge on any atom is -0.483 e. The Hall–Kier alpha value is -2.14. The SMILES string of the molecule is Cc1cc(Cl)ccc1OCC(=O)Nc1ncccn1. The zero-order valence-corrected chi connectivity index (χ0v) is 11.0. The lowest BCUT2D eigenvalue weighted by Crippen LogP contribution is -2.21. The summed E-state index contributed by atoms with van der Waals surface area (Å²) in [4.78, 5) is 19.4. The monoisotopic (exact) mass is 277 g/mol. The zero-order valence-electron chi connectivity index (χ0n) is 10.3. The fourth-order valence-electron chi connectivity index (χ4n) is 1.44. The molecule has 0 atom stereocenters. The van der Waals surface area contributed by atoms with Gasteiger partial charge in [0.05, 0.1) is 0 Å². The van der Waals surface area contributed by atoms with E-state index >= 15 is 0 Å². The number of nitrogens with one attached hydrogen (secondary N) is 1. The maximum atomic E-state index is 11.6. The predicted molar refractivity (Wildman–Crippen MR) is 72.3 cm³/mol. The molecule has 2 aromatic rings. The molecule has 0 unspecified atom stereocenters. The van der Waals surface area contributed by atoms with Crippen molar-refractivity contribution in [3.8, 4) is 5.75 Å². The molecule has 0 radical (unpaired) electrons. The van der Waals surface area contributed by atoms with E-state index in [1.54, 1.807) is 36.7 Å². The average molecular weight is 278 g/mol. The Bertz CT molecular complexity index is 575. The van der Waals surface area contributed by atoms with E-state index < -0.39 is 0 Å². The van der Waals surface area contributed by atoms with Crippen LogP contribution in [0.2, 0.25) is 5.02 Å². The van der Waals surface area contributed by atoms with Crippen molar-refractivity contribution >= 4 is 23.5 Å². The second kappa shape index (κ2) is 6.15. The molecule has 5 nitrogen and oxygen atoms in total. The van der Waals surface area contributed by atoms with Crippen LogP contribution in [0.1, 0.15) is 5.56 Å². The lowest BCUT2D eigenvalue weighted by Gasteiger charge is -2.09. The molecule has 6 heteroatoms. The largest absolute Gasteiger partial charge is 0.483 e. The first kappa shape index (κ1) is 13.3. The summed E-state index contributed by atoms with van der Waals surface area (Å²) in [6.45, 7) is 1.75. The van der Waals surface area contributed by atoms with E-state index in [9.17, 15) is 4.79 Å². The van der Waals surface area contributed by atoms with Gasteiger partial charge in [0.1, 0.15) is 5.75 Å². The minimum atomic E-state index is -0.319. The molecule has 0 spiro atoms. The predicted octanol–water partition coefficient (Wildman–Crippen LogP) is 2.46. The van der Waals surface area contributed by atoms with Gasteiger partial charge < -0.3 is 4.74 Å². The summed E-state index contributed by atoms with van der Waals surface area (Å²) >= 11 is 5.84. The number of amides is 1. The number of nitrogens with zero attached hydrogens (tertiary/aromatic N) is 2. The van der Waals surface area contributed by atoms with E-state index in [-0.39, 0.29) is 18.5 Å². The number of hydrogen-bond donors (Lipinski definition) is 1. The number of aromatic nitrogens is 2.